The maximum atomic E-state index is 13.3. The Morgan fingerprint density at radius 1 is 1.16 bits per heavy atom. The molecule has 1 aliphatic rings. The SMILES string of the molecule is Cc1noc([C@@H]2CC[C@H](CNc3cnc4cc(F)c(F)cc4n3)O2)n1. The van der Waals surface area contributed by atoms with Crippen LogP contribution in [0.25, 0.3) is 11.0 Å². The molecule has 2 atom stereocenters. The Bertz CT molecular complexity index is 917. The zero-order valence-electron chi connectivity index (χ0n) is 13.4. The van der Waals surface area contributed by atoms with Crippen molar-refractivity contribution in [1.29, 1.82) is 0 Å². The molecule has 0 aliphatic carbocycles. The predicted octanol–water partition coefficient (Wildman–Crippen LogP) is 2.93. The maximum Gasteiger partial charge on any atom is 0.255 e. The quantitative estimate of drug-likeness (QED) is 0.776. The van der Waals surface area contributed by atoms with Crippen molar-refractivity contribution in [3.63, 3.8) is 0 Å². The first-order chi connectivity index (χ1) is 12.1. The van der Waals surface area contributed by atoms with Gasteiger partial charge in [-0.2, -0.15) is 4.98 Å². The van der Waals surface area contributed by atoms with Gasteiger partial charge >= 0.3 is 0 Å². The van der Waals surface area contributed by atoms with Crippen molar-refractivity contribution in [2.75, 3.05) is 11.9 Å². The predicted molar refractivity (Wildman–Crippen MR) is 83.8 cm³/mol. The summed E-state index contributed by atoms with van der Waals surface area (Å²) in [6.07, 6.45) is 2.86. The second-order valence-electron chi connectivity index (χ2n) is 5.90. The number of halogens is 2. The Kier molecular flexibility index (Phi) is 4.00. The molecule has 0 amide bonds. The van der Waals surface area contributed by atoms with E-state index >= 15 is 0 Å². The highest BCUT2D eigenvalue weighted by molar-refractivity contribution is 5.75. The molecule has 9 heteroatoms. The van der Waals surface area contributed by atoms with E-state index in [-0.39, 0.29) is 17.7 Å². The van der Waals surface area contributed by atoms with Crippen LogP contribution in [0.1, 0.15) is 30.7 Å². The van der Waals surface area contributed by atoms with Gasteiger partial charge in [0.15, 0.2) is 17.5 Å². The summed E-state index contributed by atoms with van der Waals surface area (Å²) >= 11 is 0. The van der Waals surface area contributed by atoms with E-state index < -0.39 is 11.6 Å². The minimum atomic E-state index is -0.948. The maximum absolute atomic E-state index is 13.3. The van der Waals surface area contributed by atoms with Crippen molar-refractivity contribution in [2.24, 2.45) is 0 Å². The number of hydrogen-bond donors (Lipinski definition) is 1. The molecule has 3 aromatic rings. The highest BCUT2D eigenvalue weighted by Crippen LogP contribution is 2.31. The number of hydrogen-bond acceptors (Lipinski definition) is 7. The van der Waals surface area contributed by atoms with Gasteiger partial charge in [-0.25, -0.2) is 13.8 Å². The first kappa shape index (κ1) is 15.8. The van der Waals surface area contributed by atoms with Crippen molar-refractivity contribution < 1.29 is 18.0 Å². The van der Waals surface area contributed by atoms with E-state index in [1.54, 1.807) is 6.92 Å². The highest BCUT2D eigenvalue weighted by atomic mass is 19.2. The van der Waals surface area contributed by atoms with E-state index in [2.05, 4.69) is 25.4 Å². The van der Waals surface area contributed by atoms with Crippen LogP contribution in [0.3, 0.4) is 0 Å². The Balaban J connectivity index is 1.40. The molecule has 0 bridgehead atoms. The fraction of sp³-hybridized carbons (Fsp3) is 0.375. The van der Waals surface area contributed by atoms with Gasteiger partial charge in [0.05, 0.1) is 23.3 Å². The van der Waals surface area contributed by atoms with Gasteiger partial charge in [-0.15, -0.1) is 0 Å². The third-order valence-electron chi connectivity index (χ3n) is 4.02. The number of anilines is 1. The molecular weight excluding hydrogens is 332 g/mol. The summed E-state index contributed by atoms with van der Waals surface area (Å²) in [6.45, 7) is 2.27. The topological polar surface area (TPSA) is 86.0 Å². The van der Waals surface area contributed by atoms with Gasteiger partial charge < -0.3 is 14.6 Å². The first-order valence-corrected chi connectivity index (χ1v) is 7.90. The summed E-state index contributed by atoms with van der Waals surface area (Å²) in [5.41, 5.74) is 0.587. The van der Waals surface area contributed by atoms with Crippen LogP contribution in [0, 0.1) is 18.6 Å². The van der Waals surface area contributed by atoms with Crippen molar-refractivity contribution in [1.82, 2.24) is 20.1 Å². The highest BCUT2D eigenvalue weighted by Gasteiger charge is 2.30. The van der Waals surface area contributed by atoms with Crippen LogP contribution in [0.5, 0.6) is 0 Å². The van der Waals surface area contributed by atoms with Gasteiger partial charge in [0.1, 0.15) is 11.9 Å². The van der Waals surface area contributed by atoms with E-state index in [4.69, 9.17) is 9.26 Å². The minimum absolute atomic E-state index is 0.0420. The van der Waals surface area contributed by atoms with Crippen LogP contribution in [-0.2, 0) is 4.74 Å². The molecule has 0 radical (unpaired) electrons. The lowest BCUT2D eigenvalue weighted by molar-refractivity contribution is 0.0326. The van der Waals surface area contributed by atoms with Gasteiger partial charge in [0, 0.05) is 18.7 Å². The number of rotatable bonds is 4. The van der Waals surface area contributed by atoms with Gasteiger partial charge in [-0.1, -0.05) is 5.16 Å². The molecule has 1 aromatic carbocycles. The van der Waals surface area contributed by atoms with Crippen molar-refractivity contribution in [2.45, 2.75) is 32.0 Å². The average molecular weight is 347 g/mol. The minimum Gasteiger partial charge on any atom is -0.366 e. The second-order valence-corrected chi connectivity index (χ2v) is 5.90. The van der Waals surface area contributed by atoms with Crippen LogP contribution < -0.4 is 5.32 Å². The lowest BCUT2D eigenvalue weighted by atomic mass is 10.2. The van der Waals surface area contributed by atoms with Crippen LogP contribution in [-0.4, -0.2) is 32.8 Å². The lowest BCUT2D eigenvalue weighted by Crippen LogP contribution is -2.19. The summed E-state index contributed by atoms with van der Waals surface area (Å²) < 4.78 is 37.5. The number of fused-ring (bicyclic) bond motifs is 1. The summed E-state index contributed by atoms with van der Waals surface area (Å²) in [6, 6.07) is 2.06. The van der Waals surface area contributed by atoms with E-state index in [0.717, 1.165) is 25.0 Å². The fourth-order valence-electron chi connectivity index (χ4n) is 2.79. The Hall–Kier alpha value is -2.68. The van der Waals surface area contributed by atoms with E-state index in [0.29, 0.717) is 29.6 Å². The summed E-state index contributed by atoms with van der Waals surface area (Å²) in [5, 5.41) is 6.87. The molecule has 1 saturated heterocycles. The normalized spacial score (nSPS) is 20.3. The summed E-state index contributed by atoms with van der Waals surface area (Å²) in [4.78, 5) is 12.5. The molecule has 7 nitrogen and oxygen atoms in total. The molecule has 0 unspecified atom stereocenters. The van der Waals surface area contributed by atoms with Crippen LogP contribution >= 0.6 is 0 Å². The Morgan fingerprint density at radius 2 is 1.96 bits per heavy atom. The molecule has 2 aromatic heterocycles. The number of nitrogens with one attached hydrogen (secondary N) is 1. The zero-order valence-corrected chi connectivity index (χ0v) is 13.4. The molecule has 1 fully saturated rings. The standard InChI is InChI=1S/C16H15F2N5O2/c1-8-21-16(25-23-8)14-3-2-9(24-14)6-20-15-7-19-12-4-10(17)11(18)5-13(12)22-15/h4-5,7,9,14H,2-3,6H2,1H3,(H,20,22)/t9-,14+/m1/s1. The number of aromatic nitrogens is 4. The summed E-state index contributed by atoms with van der Waals surface area (Å²) in [7, 11) is 0. The number of nitrogens with zero attached hydrogens (tertiary/aromatic N) is 4. The smallest absolute Gasteiger partial charge is 0.255 e. The first-order valence-electron chi connectivity index (χ1n) is 7.90. The third kappa shape index (κ3) is 3.27. The van der Waals surface area contributed by atoms with E-state index in [1.165, 1.54) is 6.20 Å². The summed E-state index contributed by atoms with van der Waals surface area (Å²) in [5.74, 6) is -0.350. The molecule has 1 aliphatic heterocycles. The Morgan fingerprint density at radius 3 is 2.72 bits per heavy atom. The fourth-order valence-corrected chi connectivity index (χ4v) is 2.79. The zero-order chi connectivity index (χ0) is 17.4. The van der Waals surface area contributed by atoms with Crippen molar-refractivity contribution in [3.05, 3.63) is 41.7 Å². The van der Waals surface area contributed by atoms with E-state index in [9.17, 15) is 8.78 Å². The van der Waals surface area contributed by atoms with Crippen LogP contribution in [0.4, 0.5) is 14.6 Å². The van der Waals surface area contributed by atoms with Crippen LogP contribution in [0.15, 0.2) is 22.9 Å². The van der Waals surface area contributed by atoms with Gasteiger partial charge in [0.2, 0.25) is 0 Å². The molecule has 1 N–H and O–H groups in total. The molecule has 25 heavy (non-hydrogen) atoms. The van der Waals surface area contributed by atoms with Crippen molar-refractivity contribution in [3.8, 4) is 0 Å². The molecule has 130 valence electrons. The number of ether oxygens (including phenoxy) is 1. The lowest BCUT2D eigenvalue weighted by Gasteiger charge is -2.13. The molecule has 0 saturated carbocycles. The van der Waals surface area contributed by atoms with Gasteiger partial charge in [0.25, 0.3) is 5.89 Å². The molecule has 3 heterocycles. The average Bonchev–Trinajstić information content (AvgIpc) is 3.23. The molecule has 4 rings (SSSR count). The van der Waals surface area contributed by atoms with Gasteiger partial charge in [-0.05, 0) is 19.8 Å². The van der Waals surface area contributed by atoms with Crippen LogP contribution in [0.2, 0.25) is 0 Å². The second kappa shape index (κ2) is 6.32. The Labute approximate surface area is 141 Å². The molecular formula is C16H15F2N5O2. The number of benzene rings is 1. The molecule has 0 spiro atoms. The van der Waals surface area contributed by atoms with Crippen molar-refractivity contribution >= 4 is 16.9 Å². The van der Waals surface area contributed by atoms with E-state index in [1.807, 2.05) is 0 Å². The number of aryl methyl sites for hydroxylation is 1. The van der Waals surface area contributed by atoms with Gasteiger partial charge in [-0.3, -0.25) is 4.98 Å². The largest absolute Gasteiger partial charge is 0.366 e. The monoisotopic (exact) mass is 347 g/mol. The third-order valence-corrected chi connectivity index (χ3v) is 4.02.